The zero-order valence-corrected chi connectivity index (χ0v) is 21.5. The third-order valence-electron chi connectivity index (χ3n) is 6.13. The summed E-state index contributed by atoms with van der Waals surface area (Å²) >= 11 is 6.05. The van der Waals surface area contributed by atoms with E-state index in [1.807, 2.05) is 18.2 Å². The molecule has 0 aliphatic carbocycles. The first-order chi connectivity index (χ1) is 17.4. The highest BCUT2D eigenvalue weighted by molar-refractivity contribution is 6.33. The fourth-order valence-corrected chi connectivity index (χ4v) is 4.28. The minimum Gasteiger partial charge on any atom is -0.480 e. The van der Waals surface area contributed by atoms with E-state index >= 15 is 0 Å². The summed E-state index contributed by atoms with van der Waals surface area (Å²) in [6, 6.07) is 6.82. The maximum absolute atomic E-state index is 12.9. The molecule has 1 fully saturated rings. The van der Waals surface area contributed by atoms with Gasteiger partial charge in [-0.05, 0) is 44.0 Å². The van der Waals surface area contributed by atoms with Crippen LogP contribution in [0.5, 0.6) is 5.88 Å². The van der Waals surface area contributed by atoms with Crippen LogP contribution >= 0.6 is 11.6 Å². The number of nitrogens with two attached hydrogens (primary N) is 1. The van der Waals surface area contributed by atoms with Crippen molar-refractivity contribution in [1.82, 2.24) is 20.2 Å². The van der Waals surface area contributed by atoms with Crippen LogP contribution in [0.2, 0.25) is 5.02 Å². The van der Waals surface area contributed by atoms with Gasteiger partial charge in [0.05, 0.1) is 30.0 Å². The van der Waals surface area contributed by atoms with E-state index < -0.39 is 0 Å². The molecule has 3 heterocycles. The average Bonchev–Trinajstić information content (AvgIpc) is 2.89. The molecule has 3 N–H and O–H groups in total. The lowest BCUT2D eigenvalue weighted by Gasteiger charge is -2.38. The summed E-state index contributed by atoms with van der Waals surface area (Å²) in [4.78, 5) is 35.3. The predicted octanol–water partition coefficient (Wildman–Crippen LogP) is 2.84. The third-order valence-corrected chi connectivity index (χ3v) is 6.43. The number of ether oxygens (including phenoxy) is 3. The van der Waals surface area contributed by atoms with Gasteiger partial charge in [-0.1, -0.05) is 24.1 Å². The Bertz CT molecular complexity index is 1010. The molecule has 3 rings (SSSR count). The van der Waals surface area contributed by atoms with Crippen LogP contribution < -0.4 is 15.8 Å². The van der Waals surface area contributed by atoms with Gasteiger partial charge < -0.3 is 30.2 Å². The molecular formula is C25H34ClN5O5. The van der Waals surface area contributed by atoms with E-state index in [2.05, 4.69) is 20.2 Å². The molecule has 1 aliphatic rings. The summed E-state index contributed by atoms with van der Waals surface area (Å²) in [5, 5.41) is 3.22. The zero-order chi connectivity index (χ0) is 25.9. The van der Waals surface area contributed by atoms with Crippen LogP contribution in [0.1, 0.15) is 48.2 Å². The molecule has 0 bridgehead atoms. The summed E-state index contributed by atoms with van der Waals surface area (Å²) in [6.45, 7) is 2.63. The largest absolute Gasteiger partial charge is 0.480 e. The number of nitrogen functional groups attached to an aromatic ring is 1. The summed E-state index contributed by atoms with van der Waals surface area (Å²) in [7, 11) is 3.07. The van der Waals surface area contributed by atoms with Crippen molar-refractivity contribution in [1.29, 1.82) is 0 Å². The van der Waals surface area contributed by atoms with Crippen molar-refractivity contribution >= 4 is 29.3 Å². The first-order valence-electron chi connectivity index (χ1n) is 12.0. The second-order valence-corrected chi connectivity index (χ2v) is 9.06. The van der Waals surface area contributed by atoms with Crippen molar-refractivity contribution in [2.45, 2.75) is 50.9 Å². The molecule has 2 atom stereocenters. The van der Waals surface area contributed by atoms with Crippen LogP contribution in [0.4, 0.5) is 5.82 Å². The smallest absolute Gasteiger partial charge is 0.306 e. The highest BCUT2D eigenvalue weighted by Crippen LogP contribution is 2.25. The summed E-state index contributed by atoms with van der Waals surface area (Å²) < 4.78 is 16.1. The molecule has 2 aromatic heterocycles. The summed E-state index contributed by atoms with van der Waals surface area (Å²) in [5.74, 6) is -0.307. The molecule has 0 aromatic carbocycles. The lowest BCUT2D eigenvalue weighted by Crippen LogP contribution is -2.54. The van der Waals surface area contributed by atoms with E-state index in [4.69, 9.17) is 31.5 Å². The summed E-state index contributed by atoms with van der Waals surface area (Å²) in [6.07, 6.45) is 5.33. The highest BCUT2D eigenvalue weighted by atomic mass is 35.5. The van der Waals surface area contributed by atoms with Gasteiger partial charge in [-0.25, -0.2) is 0 Å². The van der Waals surface area contributed by atoms with Crippen molar-refractivity contribution in [3.63, 3.8) is 0 Å². The number of nitrogens with one attached hydrogen (secondary N) is 1. The number of hydrogen-bond acceptors (Lipinski definition) is 9. The minimum absolute atomic E-state index is 0.106. The SMILES string of the molecule is COc1nc(N)c(Cl)cc1C(=O)NC1CCN(CCCCCC(=O)OCc2ccccn2)CC1OC. The van der Waals surface area contributed by atoms with Gasteiger partial charge in [-0.3, -0.25) is 14.6 Å². The number of rotatable bonds is 12. The number of piperidine rings is 1. The Kier molecular flexibility index (Phi) is 10.7. The number of likely N-dealkylation sites (tertiary alicyclic amines) is 1. The Labute approximate surface area is 216 Å². The fourth-order valence-electron chi connectivity index (χ4n) is 4.13. The summed E-state index contributed by atoms with van der Waals surface area (Å²) in [5.41, 5.74) is 6.68. The first-order valence-corrected chi connectivity index (χ1v) is 12.4. The number of hydrogen-bond donors (Lipinski definition) is 2. The Morgan fingerprint density at radius 2 is 2.08 bits per heavy atom. The van der Waals surface area contributed by atoms with Crippen molar-refractivity contribution in [2.24, 2.45) is 0 Å². The van der Waals surface area contributed by atoms with Crippen LogP contribution in [-0.2, 0) is 20.9 Å². The van der Waals surface area contributed by atoms with Crippen LogP contribution in [-0.4, -0.2) is 72.7 Å². The van der Waals surface area contributed by atoms with Crippen LogP contribution in [0, 0.1) is 0 Å². The minimum atomic E-state index is -0.336. The maximum atomic E-state index is 12.9. The number of amides is 1. The molecule has 1 amide bonds. The number of pyridine rings is 2. The van der Waals surface area contributed by atoms with Gasteiger partial charge in [-0.2, -0.15) is 4.98 Å². The average molecular weight is 520 g/mol. The van der Waals surface area contributed by atoms with Crippen molar-refractivity contribution in [2.75, 3.05) is 39.6 Å². The Morgan fingerprint density at radius 1 is 1.25 bits per heavy atom. The number of carbonyl (C=O) groups is 2. The molecule has 0 spiro atoms. The van der Waals surface area contributed by atoms with E-state index in [-0.39, 0.29) is 52.9 Å². The van der Waals surface area contributed by atoms with E-state index in [1.165, 1.54) is 13.2 Å². The number of unbranched alkanes of at least 4 members (excludes halogenated alkanes) is 2. The molecule has 2 unspecified atom stereocenters. The molecule has 11 heteroatoms. The van der Waals surface area contributed by atoms with Crippen LogP contribution in [0.3, 0.4) is 0 Å². The molecule has 196 valence electrons. The van der Waals surface area contributed by atoms with E-state index in [9.17, 15) is 9.59 Å². The lowest BCUT2D eigenvalue weighted by molar-refractivity contribution is -0.145. The van der Waals surface area contributed by atoms with Crippen molar-refractivity contribution in [3.05, 3.63) is 46.7 Å². The predicted molar refractivity (Wildman–Crippen MR) is 136 cm³/mol. The van der Waals surface area contributed by atoms with Gasteiger partial charge in [0.2, 0.25) is 5.88 Å². The standard InChI is InChI=1S/C25H34ClN5O5/c1-34-21-15-31(12-7-3-4-9-22(32)36-16-17-8-5-6-11-28-17)13-10-20(21)29-24(33)18-14-19(26)23(27)30-25(18)35-2/h5-6,8,11,14,20-21H,3-4,7,9-10,12-13,15-16H2,1-2H3,(H2,27,30)(H,29,33). The lowest BCUT2D eigenvalue weighted by atomic mass is 10.0. The number of aromatic nitrogens is 2. The molecule has 0 radical (unpaired) electrons. The molecule has 10 nitrogen and oxygen atoms in total. The van der Waals surface area contributed by atoms with E-state index in [0.717, 1.165) is 44.5 Å². The molecule has 2 aromatic rings. The highest BCUT2D eigenvalue weighted by Gasteiger charge is 2.31. The normalized spacial score (nSPS) is 18.0. The topological polar surface area (TPSA) is 129 Å². The number of anilines is 1. The third kappa shape index (κ3) is 8.04. The van der Waals surface area contributed by atoms with E-state index in [0.29, 0.717) is 13.0 Å². The molecule has 36 heavy (non-hydrogen) atoms. The van der Waals surface area contributed by atoms with Crippen LogP contribution in [0.15, 0.2) is 30.5 Å². The van der Waals surface area contributed by atoms with Gasteiger partial charge >= 0.3 is 5.97 Å². The first kappa shape index (κ1) is 27.6. The van der Waals surface area contributed by atoms with Gasteiger partial charge in [0.15, 0.2) is 0 Å². The molecule has 0 saturated carbocycles. The number of carbonyl (C=O) groups excluding carboxylic acids is 2. The van der Waals surface area contributed by atoms with Crippen molar-refractivity contribution in [3.8, 4) is 5.88 Å². The van der Waals surface area contributed by atoms with Gasteiger partial charge in [0.1, 0.15) is 18.0 Å². The molecule has 1 aliphatic heterocycles. The van der Waals surface area contributed by atoms with Crippen molar-refractivity contribution < 1.29 is 23.8 Å². The molecular weight excluding hydrogens is 486 g/mol. The number of methoxy groups -OCH3 is 2. The second-order valence-electron chi connectivity index (χ2n) is 8.65. The monoisotopic (exact) mass is 519 g/mol. The fraction of sp³-hybridized carbons (Fsp3) is 0.520. The van der Waals surface area contributed by atoms with Crippen LogP contribution in [0.25, 0.3) is 0 Å². The maximum Gasteiger partial charge on any atom is 0.306 e. The van der Waals surface area contributed by atoms with Gasteiger partial charge in [0.25, 0.3) is 5.91 Å². The second kappa shape index (κ2) is 14.0. The number of halogens is 1. The Morgan fingerprint density at radius 3 is 2.81 bits per heavy atom. The zero-order valence-electron chi connectivity index (χ0n) is 20.7. The van der Waals surface area contributed by atoms with Gasteiger partial charge in [0, 0.05) is 32.8 Å². The number of esters is 1. The van der Waals surface area contributed by atoms with E-state index in [1.54, 1.807) is 13.3 Å². The molecule has 1 saturated heterocycles. The Hall–Kier alpha value is -2.95. The quantitative estimate of drug-likeness (QED) is 0.321. The number of nitrogens with zero attached hydrogens (tertiary/aromatic N) is 3. The Balaban J connectivity index is 1.37. The van der Waals surface area contributed by atoms with Gasteiger partial charge in [-0.15, -0.1) is 0 Å².